The highest BCUT2D eigenvalue weighted by molar-refractivity contribution is 9.10. The van der Waals surface area contributed by atoms with Crippen LogP contribution in [0, 0.1) is 0 Å². The molecule has 96 valence electrons. The summed E-state index contributed by atoms with van der Waals surface area (Å²) in [6.45, 7) is 3.18. The van der Waals surface area contributed by atoms with Crippen molar-refractivity contribution in [1.82, 2.24) is 9.88 Å². The molecule has 2 aromatic rings. The van der Waals surface area contributed by atoms with Crippen LogP contribution in [0.3, 0.4) is 0 Å². The Morgan fingerprint density at radius 1 is 1.39 bits per heavy atom. The first-order valence-electron chi connectivity index (χ1n) is 6.70. The first-order valence-corrected chi connectivity index (χ1v) is 7.49. The minimum Gasteiger partial charge on any atom is -0.345 e. The van der Waals surface area contributed by atoms with E-state index in [9.17, 15) is 0 Å². The van der Waals surface area contributed by atoms with E-state index in [1.165, 1.54) is 39.5 Å². The third-order valence-corrected chi connectivity index (χ3v) is 4.75. The van der Waals surface area contributed by atoms with E-state index in [0.29, 0.717) is 0 Å². The minimum absolute atomic E-state index is 0.751. The smallest absolute Gasteiger partial charge is 0.0524 e. The quantitative estimate of drug-likeness (QED) is 0.910. The number of hydrogen-bond acceptors (Lipinski definition) is 1. The van der Waals surface area contributed by atoms with Gasteiger partial charge in [0.25, 0.3) is 0 Å². The molecule has 1 aromatic heterocycles. The van der Waals surface area contributed by atoms with Crippen LogP contribution in [0.1, 0.15) is 31.0 Å². The van der Waals surface area contributed by atoms with Gasteiger partial charge in [0.1, 0.15) is 0 Å². The molecule has 0 amide bonds. The van der Waals surface area contributed by atoms with Crippen molar-refractivity contribution in [2.75, 3.05) is 0 Å². The number of fused-ring (bicyclic) bond motifs is 1. The van der Waals surface area contributed by atoms with Crippen molar-refractivity contribution in [1.29, 1.82) is 0 Å². The van der Waals surface area contributed by atoms with Crippen LogP contribution < -0.4 is 5.32 Å². The topological polar surface area (TPSA) is 17.0 Å². The van der Waals surface area contributed by atoms with Gasteiger partial charge in [-0.25, -0.2) is 0 Å². The number of nitrogens with zero attached hydrogens (tertiary/aromatic N) is 1. The molecule has 3 heteroatoms. The number of halogens is 1. The molecule has 0 unspecified atom stereocenters. The normalized spacial score (nSPS) is 15.5. The van der Waals surface area contributed by atoms with Crippen LogP contribution >= 0.6 is 15.9 Å². The van der Waals surface area contributed by atoms with Crippen LogP contribution in [-0.4, -0.2) is 10.6 Å². The molecule has 1 aliphatic carbocycles. The Morgan fingerprint density at radius 3 is 2.83 bits per heavy atom. The van der Waals surface area contributed by atoms with Gasteiger partial charge in [-0.2, -0.15) is 0 Å². The second-order valence-electron chi connectivity index (χ2n) is 5.14. The van der Waals surface area contributed by atoms with Gasteiger partial charge in [0.05, 0.1) is 5.52 Å². The lowest BCUT2D eigenvalue weighted by molar-refractivity contribution is 0.653. The maximum Gasteiger partial charge on any atom is 0.0524 e. The Hall–Kier alpha value is -0.800. The molecule has 2 nitrogen and oxygen atoms in total. The van der Waals surface area contributed by atoms with Gasteiger partial charge in [0, 0.05) is 35.2 Å². The predicted octanol–water partition coefficient (Wildman–Crippen LogP) is 3.76. The molecular formula is C15H19BrN2. The Kier molecular flexibility index (Phi) is 3.20. The van der Waals surface area contributed by atoms with Gasteiger partial charge in [0.15, 0.2) is 0 Å². The minimum atomic E-state index is 0.751. The van der Waals surface area contributed by atoms with E-state index in [1.54, 1.807) is 0 Å². The monoisotopic (exact) mass is 306 g/mol. The number of aromatic nitrogens is 1. The van der Waals surface area contributed by atoms with Crippen LogP contribution in [0.2, 0.25) is 0 Å². The van der Waals surface area contributed by atoms with Gasteiger partial charge in [-0.3, -0.25) is 0 Å². The zero-order valence-electron chi connectivity index (χ0n) is 11.0. The highest BCUT2D eigenvalue weighted by atomic mass is 79.9. The van der Waals surface area contributed by atoms with Gasteiger partial charge >= 0.3 is 0 Å². The molecule has 0 aliphatic heterocycles. The van der Waals surface area contributed by atoms with Crippen molar-refractivity contribution in [3.63, 3.8) is 0 Å². The summed E-state index contributed by atoms with van der Waals surface area (Å²) >= 11 is 3.78. The lowest BCUT2D eigenvalue weighted by atomic mass is 10.1. The van der Waals surface area contributed by atoms with Gasteiger partial charge in [-0.05, 0) is 40.8 Å². The fourth-order valence-corrected chi connectivity index (χ4v) is 3.34. The highest BCUT2D eigenvalue weighted by Gasteiger charge is 2.22. The first-order chi connectivity index (χ1) is 8.72. The standard InChI is InChI=1S/C15H19BrN2/c1-3-10-5-4-6-12-14(16)13(18(2)15(10)12)9-17-11-7-8-11/h4-6,11,17H,3,7-9H2,1-2H3. The summed E-state index contributed by atoms with van der Waals surface area (Å²) in [6.07, 6.45) is 3.75. The Labute approximate surface area is 116 Å². The molecule has 1 heterocycles. The van der Waals surface area contributed by atoms with Crippen molar-refractivity contribution in [3.8, 4) is 0 Å². The number of nitrogens with one attached hydrogen (secondary N) is 1. The summed E-state index contributed by atoms with van der Waals surface area (Å²) in [5.41, 5.74) is 4.16. The number of para-hydroxylation sites is 1. The summed E-state index contributed by atoms with van der Waals surface area (Å²) in [4.78, 5) is 0. The maximum atomic E-state index is 3.78. The average molecular weight is 307 g/mol. The summed E-state index contributed by atoms with van der Waals surface area (Å²) in [7, 11) is 2.18. The molecule has 1 saturated carbocycles. The Bertz CT molecular complexity index is 582. The van der Waals surface area contributed by atoms with Crippen LogP contribution in [0.5, 0.6) is 0 Å². The van der Waals surface area contributed by atoms with Crippen LogP contribution in [0.25, 0.3) is 10.9 Å². The van der Waals surface area contributed by atoms with Crippen molar-refractivity contribution < 1.29 is 0 Å². The predicted molar refractivity (Wildman–Crippen MR) is 79.9 cm³/mol. The molecule has 1 aromatic carbocycles. The molecule has 0 spiro atoms. The van der Waals surface area contributed by atoms with E-state index < -0.39 is 0 Å². The van der Waals surface area contributed by atoms with Crippen molar-refractivity contribution in [3.05, 3.63) is 33.9 Å². The zero-order valence-corrected chi connectivity index (χ0v) is 12.5. The van der Waals surface area contributed by atoms with Crippen LogP contribution in [0.15, 0.2) is 22.7 Å². The van der Waals surface area contributed by atoms with Crippen LogP contribution in [0.4, 0.5) is 0 Å². The molecule has 0 bridgehead atoms. The lowest BCUT2D eigenvalue weighted by Gasteiger charge is -2.07. The summed E-state index contributed by atoms with van der Waals surface area (Å²) in [5, 5.41) is 4.94. The van der Waals surface area contributed by atoms with E-state index in [-0.39, 0.29) is 0 Å². The molecule has 0 saturated heterocycles. The van der Waals surface area contributed by atoms with Crippen molar-refractivity contribution in [2.24, 2.45) is 7.05 Å². The molecule has 0 radical (unpaired) electrons. The van der Waals surface area contributed by atoms with E-state index in [2.05, 4.69) is 58.0 Å². The van der Waals surface area contributed by atoms with Gasteiger partial charge in [-0.15, -0.1) is 0 Å². The summed E-state index contributed by atoms with van der Waals surface area (Å²) in [5.74, 6) is 0. The average Bonchev–Trinajstić information content (AvgIpc) is 3.17. The third kappa shape index (κ3) is 1.99. The van der Waals surface area contributed by atoms with E-state index in [0.717, 1.165) is 19.0 Å². The fraction of sp³-hybridized carbons (Fsp3) is 0.467. The summed E-state index contributed by atoms with van der Waals surface area (Å²) in [6, 6.07) is 7.34. The summed E-state index contributed by atoms with van der Waals surface area (Å²) < 4.78 is 3.59. The molecule has 1 N–H and O–H groups in total. The number of benzene rings is 1. The molecule has 1 fully saturated rings. The molecule has 1 aliphatic rings. The molecule has 0 atom stereocenters. The van der Waals surface area contributed by atoms with Gasteiger partial charge in [-0.1, -0.05) is 25.1 Å². The fourth-order valence-electron chi connectivity index (χ4n) is 2.61. The largest absolute Gasteiger partial charge is 0.345 e. The molecular weight excluding hydrogens is 288 g/mol. The Morgan fingerprint density at radius 2 is 2.17 bits per heavy atom. The van der Waals surface area contributed by atoms with E-state index in [1.807, 2.05) is 0 Å². The SMILES string of the molecule is CCc1cccc2c(Br)c(CNC3CC3)n(C)c12. The Balaban J connectivity index is 2.07. The second kappa shape index (κ2) is 4.71. The number of hydrogen-bond donors (Lipinski definition) is 1. The third-order valence-electron chi connectivity index (χ3n) is 3.87. The van der Waals surface area contributed by atoms with Gasteiger partial charge in [0.2, 0.25) is 0 Å². The second-order valence-corrected chi connectivity index (χ2v) is 5.93. The number of rotatable bonds is 4. The van der Waals surface area contributed by atoms with E-state index in [4.69, 9.17) is 0 Å². The molecule has 3 rings (SSSR count). The van der Waals surface area contributed by atoms with Crippen LogP contribution in [-0.2, 0) is 20.0 Å². The van der Waals surface area contributed by atoms with Gasteiger partial charge < -0.3 is 9.88 Å². The first kappa shape index (κ1) is 12.2. The number of aryl methyl sites for hydroxylation is 2. The van der Waals surface area contributed by atoms with E-state index >= 15 is 0 Å². The van der Waals surface area contributed by atoms with Crippen molar-refractivity contribution >= 4 is 26.8 Å². The van der Waals surface area contributed by atoms with Crippen molar-refractivity contribution in [2.45, 2.75) is 38.8 Å². The molecule has 18 heavy (non-hydrogen) atoms. The lowest BCUT2D eigenvalue weighted by Crippen LogP contribution is -2.17. The zero-order chi connectivity index (χ0) is 12.7. The highest BCUT2D eigenvalue weighted by Crippen LogP contribution is 2.33. The maximum absolute atomic E-state index is 3.78.